The Kier molecular flexibility index (Phi) is 7.87. The standard InChI is InChI=1S/C19H20ClF3N2O4S/c1-18(27,19(21,22)23)17(26)25-16-8-7-14(11-15(16)20)30(28)13-5-3-12(4-6-13)29-10-2-9-24/h3-8,11,27H,2,9-10,24H2,1H3,(H,25,26)/t18-,30?/m1/s1. The van der Waals surface area contributed by atoms with Gasteiger partial charge in [0.1, 0.15) is 5.75 Å². The molecule has 0 saturated heterocycles. The highest BCUT2D eigenvalue weighted by atomic mass is 35.5. The SMILES string of the molecule is C[C@@](O)(C(=O)Nc1ccc(S(=O)c2ccc(OCCCN)cc2)cc1Cl)C(F)(F)F. The Morgan fingerprint density at radius 1 is 1.20 bits per heavy atom. The van der Waals surface area contributed by atoms with E-state index >= 15 is 0 Å². The number of alkyl halides is 3. The summed E-state index contributed by atoms with van der Waals surface area (Å²) in [6.07, 6.45) is -4.46. The van der Waals surface area contributed by atoms with Crippen molar-refractivity contribution in [2.75, 3.05) is 18.5 Å². The molecule has 4 N–H and O–H groups in total. The average Bonchev–Trinajstić information content (AvgIpc) is 2.68. The molecule has 0 spiro atoms. The Labute approximate surface area is 178 Å². The van der Waals surface area contributed by atoms with Crippen LogP contribution in [0.1, 0.15) is 13.3 Å². The Morgan fingerprint density at radius 2 is 1.80 bits per heavy atom. The minimum absolute atomic E-state index is 0.131. The fourth-order valence-corrected chi connectivity index (χ4v) is 3.52. The first kappa shape index (κ1) is 24.1. The van der Waals surface area contributed by atoms with Gasteiger partial charge in [-0.25, -0.2) is 4.21 Å². The van der Waals surface area contributed by atoms with E-state index in [1.165, 1.54) is 18.2 Å². The minimum Gasteiger partial charge on any atom is -0.494 e. The Bertz CT molecular complexity index is 921. The van der Waals surface area contributed by atoms with Crippen LogP contribution in [-0.2, 0) is 15.6 Å². The lowest BCUT2D eigenvalue weighted by Crippen LogP contribution is -2.52. The topological polar surface area (TPSA) is 102 Å². The van der Waals surface area contributed by atoms with Crippen LogP contribution in [0.4, 0.5) is 18.9 Å². The summed E-state index contributed by atoms with van der Waals surface area (Å²) in [6.45, 7) is 1.30. The fourth-order valence-electron chi connectivity index (χ4n) is 2.15. The number of nitrogens with two attached hydrogens (primary N) is 1. The van der Waals surface area contributed by atoms with Crippen molar-refractivity contribution in [2.45, 2.75) is 34.9 Å². The number of aliphatic hydroxyl groups is 1. The fraction of sp³-hybridized carbons (Fsp3) is 0.316. The summed E-state index contributed by atoms with van der Waals surface area (Å²) in [5.74, 6) is -1.09. The van der Waals surface area contributed by atoms with E-state index in [0.717, 1.165) is 0 Å². The number of anilines is 1. The molecule has 2 rings (SSSR count). The van der Waals surface area contributed by atoms with Crippen LogP contribution in [0, 0.1) is 0 Å². The van der Waals surface area contributed by atoms with Gasteiger partial charge in [-0.3, -0.25) is 4.79 Å². The summed E-state index contributed by atoms with van der Waals surface area (Å²) in [6, 6.07) is 10.4. The first-order valence-electron chi connectivity index (χ1n) is 8.72. The maximum absolute atomic E-state index is 12.8. The average molecular weight is 465 g/mol. The van der Waals surface area contributed by atoms with Crippen molar-refractivity contribution in [3.8, 4) is 5.75 Å². The lowest BCUT2D eigenvalue weighted by atomic mass is 10.1. The summed E-state index contributed by atoms with van der Waals surface area (Å²) >= 11 is 6.02. The first-order chi connectivity index (χ1) is 14.0. The molecule has 164 valence electrons. The number of amides is 1. The summed E-state index contributed by atoms with van der Waals surface area (Å²) in [4.78, 5) is 12.5. The predicted octanol–water partition coefficient (Wildman–Crippen LogP) is 3.49. The van der Waals surface area contributed by atoms with Crippen LogP contribution < -0.4 is 15.8 Å². The van der Waals surface area contributed by atoms with E-state index in [2.05, 4.69) is 0 Å². The number of carbonyl (C=O) groups is 1. The molecule has 2 atom stereocenters. The largest absolute Gasteiger partial charge is 0.494 e. The maximum Gasteiger partial charge on any atom is 0.426 e. The van der Waals surface area contributed by atoms with Gasteiger partial charge in [0.2, 0.25) is 5.60 Å². The molecule has 0 saturated carbocycles. The molecule has 2 aromatic rings. The van der Waals surface area contributed by atoms with Crippen molar-refractivity contribution in [1.82, 2.24) is 0 Å². The molecular weight excluding hydrogens is 445 g/mol. The number of ether oxygens (including phenoxy) is 1. The third kappa shape index (κ3) is 5.72. The van der Waals surface area contributed by atoms with E-state index in [9.17, 15) is 27.3 Å². The van der Waals surface area contributed by atoms with Gasteiger partial charge in [-0.1, -0.05) is 11.6 Å². The van der Waals surface area contributed by atoms with Crippen LogP contribution >= 0.6 is 11.6 Å². The highest BCUT2D eigenvalue weighted by molar-refractivity contribution is 7.85. The minimum atomic E-state index is -5.16. The molecule has 1 unspecified atom stereocenters. The summed E-state index contributed by atoms with van der Waals surface area (Å²) in [5.41, 5.74) is 1.65. The van der Waals surface area contributed by atoms with Crippen molar-refractivity contribution in [2.24, 2.45) is 5.73 Å². The van der Waals surface area contributed by atoms with Crippen LogP contribution in [0.2, 0.25) is 5.02 Å². The van der Waals surface area contributed by atoms with Gasteiger partial charge in [-0.05, 0) is 62.4 Å². The molecule has 6 nitrogen and oxygen atoms in total. The number of halogens is 4. The van der Waals surface area contributed by atoms with Gasteiger partial charge < -0.3 is 20.9 Å². The van der Waals surface area contributed by atoms with E-state index in [4.69, 9.17) is 22.1 Å². The van der Waals surface area contributed by atoms with E-state index in [1.54, 1.807) is 24.3 Å². The number of nitrogens with one attached hydrogen (secondary N) is 1. The first-order valence-corrected chi connectivity index (χ1v) is 10.2. The summed E-state index contributed by atoms with van der Waals surface area (Å²) in [5, 5.41) is 11.2. The second-order valence-corrected chi connectivity index (χ2v) is 8.28. The zero-order chi connectivity index (χ0) is 22.5. The number of hydrogen-bond acceptors (Lipinski definition) is 5. The van der Waals surface area contributed by atoms with E-state index in [-0.39, 0.29) is 15.6 Å². The lowest BCUT2D eigenvalue weighted by Gasteiger charge is -2.25. The van der Waals surface area contributed by atoms with Gasteiger partial charge in [0.15, 0.2) is 0 Å². The van der Waals surface area contributed by atoms with E-state index < -0.39 is 28.5 Å². The summed E-state index contributed by atoms with van der Waals surface area (Å²) in [7, 11) is -1.63. The number of benzene rings is 2. The zero-order valence-electron chi connectivity index (χ0n) is 15.8. The molecular formula is C19H20ClF3N2O4S. The lowest BCUT2D eigenvalue weighted by molar-refractivity contribution is -0.242. The Morgan fingerprint density at radius 3 is 2.33 bits per heavy atom. The monoisotopic (exact) mass is 464 g/mol. The van der Waals surface area contributed by atoms with Crippen LogP contribution in [0.3, 0.4) is 0 Å². The third-order valence-corrected chi connectivity index (χ3v) is 5.75. The highest BCUT2D eigenvalue weighted by Gasteiger charge is 2.55. The van der Waals surface area contributed by atoms with Gasteiger partial charge in [0.05, 0.1) is 28.1 Å². The molecule has 0 aliphatic heterocycles. The van der Waals surface area contributed by atoms with Crippen LogP contribution in [-0.4, -0.2) is 40.2 Å². The molecule has 1 amide bonds. The van der Waals surface area contributed by atoms with Gasteiger partial charge in [0, 0.05) is 9.79 Å². The molecule has 0 heterocycles. The van der Waals surface area contributed by atoms with Crippen molar-refractivity contribution in [1.29, 1.82) is 0 Å². The van der Waals surface area contributed by atoms with Crippen LogP contribution in [0.5, 0.6) is 5.75 Å². The molecule has 0 radical (unpaired) electrons. The zero-order valence-corrected chi connectivity index (χ0v) is 17.4. The van der Waals surface area contributed by atoms with Gasteiger partial charge >= 0.3 is 6.18 Å². The Hall–Kier alpha value is -2.14. The van der Waals surface area contributed by atoms with Crippen molar-refractivity contribution in [3.05, 3.63) is 47.5 Å². The smallest absolute Gasteiger partial charge is 0.426 e. The highest BCUT2D eigenvalue weighted by Crippen LogP contribution is 2.33. The van der Waals surface area contributed by atoms with Gasteiger partial charge in [-0.15, -0.1) is 0 Å². The molecule has 2 aromatic carbocycles. The maximum atomic E-state index is 12.8. The molecule has 0 aromatic heterocycles. The van der Waals surface area contributed by atoms with Crippen molar-refractivity contribution >= 4 is 34.0 Å². The van der Waals surface area contributed by atoms with E-state index in [1.807, 2.05) is 5.32 Å². The summed E-state index contributed by atoms with van der Waals surface area (Å²) < 4.78 is 56.5. The van der Waals surface area contributed by atoms with Gasteiger partial charge in [0.25, 0.3) is 5.91 Å². The van der Waals surface area contributed by atoms with Crippen LogP contribution in [0.15, 0.2) is 52.3 Å². The second-order valence-electron chi connectivity index (χ2n) is 6.40. The van der Waals surface area contributed by atoms with Gasteiger partial charge in [-0.2, -0.15) is 13.2 Å². The van der Waals surface area contributed by atoms with Crippen molar-refractivity contribution < 1.29 is 32.0 Å². The molecule has 11 heteroatoms. The molecule has 0 aliphatic rings. The molecule has 0 bridgehead atoms. The Balaban J connectivity index is 2.13. The number of rotatable bonds is 8. The number of carbonyl (C=O) groups excluding carboxylic acids is 1. The normalized spacial score (nSPS) is 14.6. The van der Waals surface area contributed by atoms with E-state index in [0.29, 0.717) is 37.1 Å². The molecule has 0 fully saturated rings. The van der Waals surface area contributed by atoms with Crippen LogP contribution in [0.25, 0.3) is 0 Å². The second kappa shape index (κ2) is 9.78. The molecule has 0 aliphatic carbocycles. The molecule has 30 heavy (non-hydrogen) atoms. The quantitative estimate of drug-likeness (QED) is 0.519. The van der Waals surface area contributed by atoms with Crippen molar-refractivity contribution in [3.63, 3.8) is 0 Å². The number of hydrogen-bond donors (Lipinski definition) is 3. The predicted molar refractivity (Wildman–Crippen MR) is 107 cm³/mol. The third-order valence-electron chi connectivity index (χ3n) is 4.05.